The summed E-state index contributed by atoms with van der Waals surface area (Å²) in [4.78, 5) is 11.3. The van der Waals surface area contributed by atoms with Crippen LogP contribution in [0.5, 0.6) is 0 Å². The fraction of sp³-hybridized carbons (Fsp3) is 0.417. The maximum Gasteiger partial charge on any atom is 0.417 e. The molecule has 1 rings (SSSR count). The number of benzene rings is 1. The van der Waals surface area contributed by atoms with Gasteiger partial charge in [0.25, 0.3) is 0 Å². The van der Waals surface area contributed by atoms with E-state index in [0.29, 0.717) is 6.92 Å². The smallest absolute Gasteiger partial charge is 0.380 e. The summed E-state index contributed by atoms with van der Waals surface area (Å²) < 4.78 is 37.0. The third-order valence-corrected chi connectivity index (χ3v) is 2.45. The van der Waals surface area contributed by atoms with E-state index in [0.717, 1.165) is 5.56 Å². The second-order valence-electron chi connectivity index (χ2n) is 4.21. The first-order valence-electron chi connectivity index (χ1n) is 5.32. The third kappa shape index (κ3) is 4.03. The molecule has 100 valence electrons. The van der Waals surface area contributed by atoms with Crippen LogP contribution < -0.4 is 5.32 Å². The monoisotopic (exact) mass is 261 g/mol. The summed E-state index contributed by atoms with van der Waals surface area (Å²) >= 11 is 0. The topological polar surface area (TPSA) is 49.3 Å². The Hall–Kier alpha value is -1.56. The fourth-order valence-corrected chi connectivity index (χ4v) is 1.27. The molecular formula is C12H14F3NO2. The second-order valence-corrected chi connectivity index (χ2v) is 4.21. The predicted molar refractivity (Wildman–Crippen MR) is 59.6 cm³/mol. The van der Waals surface area contributed by atoms with Gasteiger partial charge in [-0.05, 0) is 12.5 Å². The molecule has 1 atom stereocenters. The van der Waals surface area contributed by atoms with Gasteiger partial charge in [-0.2, -0.15) is 13.2 Å². The average molecular weight is 261 g/mol. The number of carbonyl (C=O) groups is 1. The predicted octanol–water partition coefficient (Wildman–Crippen LogP) is 2.01. The Morgan fingerprint density at radius 2 is 1.83 bits per heavy atom. The van der Waals surface area contributed by atoms with E-state index in [4.69, 9.17) is 5.11 Å². The summed E-state index contributed by atoms with van der Waals surface area (Å²) in [6.07, 6.45) is -5.83. The van der Waals surface area contributed by atoms with Crippen molar-refractivity contribution in [1.82, 2.24) is 5.32 Å². The molecule has 2 N–H and O–H groups in total. The standard InChI is InChI=1S/C12H14F3NO2/c1-11(18,12(13,14)15)7-10(17)16-8-9-5-3-2-4-6-9/h2-6,18H,7-8H2,1H3,(H,16,17)/t11-/m0/s1. The Balaban J connectivity index is 2.48. The van der Waals surface area contributed by atoms with Crippen LogP contribution in [-0.4, -0.2) is 22.8 Å². The molecule has 0 heterocycles. The van der Waals surface area contributed by atoms with Crippen LogP contribution in [0.4, 0.5) is 13.2 Å². The molecule has 0 saturated carbocycles. The minimum Gasteiger partial charge on any atom is -0.380 e. The third-order valence-electron chi connectivity index (χ3n) is 2.45. The Morgan fingerprint density at radius 3 is 2.33 bits per heavy atom. The molecule has 18 heavy (non-hydrogen) atoms. The maximum atomic E-state index is 12.3. The van der Waals surface area contributed by atoms with E-state index >= 15 is 0 Å². The summed E-state index contributed by atoms with van der Waals surface area (Å²) in [5.41, 5.74) is -2.23. The van der Waals surface area contributed by atoms with Crippen LogP contribution in [0, 0.1) is 0 Å². The van der Waals surface area contributed by atoms with Crippen LogP contribution in [0.3, 0.4) is 0 Å². The number of halogens is 3. The molecule has 1 aromatic carbocycles. The van der Waals surface area contributed by atoms with Gasteiger partial charge in [0.15, 0.2) is 5.60 Å². The SMILES string of the molecule is C[C@](O)(CC(=O)NCc1ccccc1)C(F)(F)F. The van der Waals surface area contributed by atoms with Crippen molar-refractivity contribution in [1.29, 1.82) is 0 Å². The normalized spacial score (nSPS) is 14.9. The lowest BCUT2D eigenvalue weighted by Gasteiger charge is -2.25. The lowest BCUT2D eigenvalue weighted by molar-refractivity contribution is -0.253. The molecule has 0 aliphatic heterocycles. The van der Waals surface area contributed by atoms with Crippen LogP contribution >= 0.6 is 0 Å². The Labute approximate surface area is 103 Å². The first-order chi connectivity index (χ1) is 8.22. The highest BCUT2D eigenvalue weighted by Gasteiger charge is 2.50. The van der Waals surface area contributed by atoms with Crippen molar-refractivity contribution in [2.45, 2.75) is 31.7 Å². The van der Waals surface area contributed by atoms with Gasteiger partial charge in [-0.25, -0.2) is 0 Å². The average Bonchev–Trinajstić information content (AvgIpc) is 2.26. The molecule has 1 aromatic rings. The fourth-order valence-electron chi connectivity index (χ4n) is 1.27. The zero-order valence-electron chi connectivity index (χ0n) is 9.79. The summed E-state index contributed by atoms with van der Waals surface area (Å²) in [7, 11) is 0. The summed E-state index contributed by atoms with van der Waals surface area (Å²) in [6, 6.07) is 8.78. The molecule has 0 spiro atoms. The van der Waals surface area contributed by atoms with E-state index in [1.807, 2.05) is 0 Å². The Bertz CT molecular complexity index is 402. The van der Waals surface area contributed by atoms with Gasteiger partial charge in [0, 0.05) is 6.54 Å². The molecule has 6 heteroatoms. The first kappa shape index (κ1) is 14.5. The molecule has 0 radical (unpaired) electrons. The van der Waals surface area contributed by atoms with Gasteiger partial charge in [0.05, 0.1) is 6.42 Å². The van der Waals surface area contributed by atoms with Crippen molar-refractivity contribution >= 4 is 5.91 Å². The molecule has 1 amide bonds. The number of carbonyl (C=O) groups excluding carboxylic acids is 1. The highest BCUT2D eigenvalue weighted by Crippen LogP contribution is 2.32. The largest absolute Gasteiger partial charge is 0.417 e. The van der Waals surface area contributed by atoms with E-state index in [9.17, 15) is 18.0 Å². The lowest BCUT2D eigenvalue weighted by Crippen LogP contribution is -2.46. The molecule has 0 unspecified atom stereocenters. The highest BCUT2D eigenvalue weighted by atomic mass is 19.4. The van der Waals surface area contributed by atoms with Crippen LogP contribution in [-0.2, 0) is 11.3 Å². The first-order valence-corrected chi connectivity index (χ1v) is 5.32. The number of amides is 1. The van der Waals surface area contributed by atoms with E-state index in [2.05, 4.69) is 5.32 Å². The van der Waals surface area contributed by atoms with Crippen LogP contribution in [0.2, 0.25) is 0 Å². The zero-order valence-corrected chi connectivity index (χ0v) is 9.79. The van der Waals surface area contributed by atoms with Gasteiger partial charge in [0.2, 0.25) is 5.91 Å². The number of rotatable bonds is 4. The van der Waals surface area contributed by atoms with Crippen molar-refractivity contribution in [2.24, 2.45) is 0 Å². The van der Waals surface area contributed by atoms with Gasteiger partial charge in [0.1, 0.15) is 0 Å². The quantitative estimate of drug-likeness (QED) is 0.871. The van der Waals surface area contributed by atoms with Crippen molar-refractivity contribution < 1.29 is 23.1 Å². The van der Waals surface area contributed by atoms with Crippen molar-refractivity contribution in [3.8, 4) is 0 Å². The van der Waals surface area contributed by atoms with E-state index < -0.39 is 24.1 Å². The molecule has 0 bridgehead atoms. The number of alkyl halides is 3. The van der Waals surface area contributed by atoms with Gasteiger partial charge in [-0.15, -0.1) is 0 Å². The van der Waals surface area contributed by atoms with Gasteiger partial charge in [-0.1, -0.05) is 30.3 Å². The van der Waals surface area contributed by atoms with Gasteiger partial charge < -0.3 is 10.4 Å². The van der Waals surface area contributed by atoms with Crippen LogP contribution in [0.1, 0.15) is 18.9 Å². The Morgan fingerprint density at radius 1 is 1.28 bits per heavy atom. The van der Waals surface area contributed by atoms with Crippen LogP contribution in [0.25, 0.3) is 0 Å². The molecule has 3 nitrogen and oxygen atoms in total. The number of hydrogen-bond acceptors (Lipinski definition) is 2. The molecule has 0 saturated heterocycles. The molecule has 0 aliphatic rings. The second kappa shape index (κ2) is 5.39. The summed E-state index contributed by atoms with van der Waals surface area (Å²) in [5.74, 6) is -0.846. The Kier molecular flexibility index (Phi) is 4.34. The number of aliphatic hydroxyl groups is 1. The van der Waals surface area contributed by atoms with E-state index in [1.54, 1.807) is 30.3 Å². The molecule has 0 aliphatic carbocycles. The van der Waals surface area contributed by atoms with E-state index in [1.165, 1.54) is 0 Å². The van der Waals surface area contributed by atoms with Gasteiger partial charge >= 0.3 is 6.18 Å². The highest BCUT2D eigenvalue weighted by molar-refractivity contribution is 5.77. The van der Waals surface area contributed by atoms with E-state index in [-0.39, 0.29) is 6.54 Å². The summed E-state index contributed by atoms with van der Waals surface area (Å²) in [5, 5.41) is 11.5. The zero-order chi connectivity index (χ0) is 13.8. The molecule has 0 fully saturated rings. The minimum atomic E-state index is -4.82. The van der Waals surface area contributed by atoms with Crippen molar-refractivity contribution in [2.75, 3.05) is 0 Å². The number of hydrogen-bond donors (Lipinski definition) is 2. The molecular weight excluding hydrogens is 247 g/mol. The van der Waals surface area contributed by atoms with Gasteiger partial charge in [-0.3, -0.25) is 4.79 Å². The van der Waals surface area contributed by atoms with Crippen molar-refractivity contribution in [3.05, 3.63) is 35.9 Å². The summed E-state index contributed by atoms with van der Waals surface area (Å²) in [6.45, 7) is 0.711. The van der Waals surface area contributed by atoms with Crippen molar-refractivity contribution in [3.63, 3.8) is 0 Å². The maximum absolute atomic E-state index is 12.3. The van der Waals surface area contributed by atoms with Crippen LogP contribution in [0.15, 0.2) is 30.3 Å². The lowest BCUT2D eigenvalue weighted by atomic mass is 10.0. The molecule has 0 aromatic heterocycles. The minimum absolute atomic E-state index is 0.133. The number of nitrogens with one attached hydrogen (secondary N) is 1.